The van der Waals surface area contributed by atoms with Crippen molar-refractivity contribution in [3.05, 3.63) is 169 Å². The van der Waals surface area contributed by atoms with Crippen molar-refractivity contribution < 1.29 is 0 Å². The number of aromatic nitrogens is 1. The van der Waals surface area contributed by atoms with Crippen LogP contribution in [0.3, 0.4) is 0 Å². The number of para-hydroxylation sites is 3. The van der Waals surface area contributed by atoms with Crippen LogP contribution in [0.2, 0.25) is 0 Å². The molecule has 1 heterocycles. The van der Waals surface area contributed by atoms with E-state index in [1.807, 2.05) is 0 Å². The molecule has 0 unspecified atom stereocenters. The Balaban J connectivity index is 1.31. The lowest BCUT2D eigenvalue weighted by Gasteiger charge is -2.25. The molecule has 9 rings (SSSR count). The maximum Gasteiger partial charge on any atom is 0.0561 e. The Labute approximate surface area is 263 Å². The highest BCUT2D eigenvalue weighted by Crippen LogP contribution is 2.51. The van der Waals surface area contributed by atoms with Crippen LogP contribution in [0.15, 0.2) is 158 Å². The Bertz CT molecular complexity index is 2360. The monoisotopic (exact) mass is 576 g/mol. The SMILES string of the molecule is CC1(C)c2ccccc2-c2ccc3ccc(-n4c5ccccc5c5ccc(N(c6ccccc6)c6ccccc6)cc54)cc3c21. The Morgan fingerprint density at radius 2 is 1.11 bits per heavy atom. The minimum atomic E-state index is -0.0794. The number of hydrogen-bond acceptors (Lipinski definition) is 1. The van der Waals surface area contributed by atoms with Gasteiger partial charge < -0.3 is 9.47 Å². The molecule has 2 nitrogen and oxygen atoms in total. The number of benzene rings is 7. The van der Waals surface area contributed by atoms with Gasteiger partial charge in [-0.25, -0.2) is 0 Å². The van der Waals surface area contributed by atoms with Gasteiger partial charge in [0.05, 0.1) is 11.0 Å². The molecule has 0 fully saturated rings. The largest absolute Gasteiger partial charge is 0.310 e. The van der Waals surface area contributed by atoms with Crippen LogP contribution < -0.4 is 4.90 Å². The smallest absolute Gasteiger partial charge is 0.0561 e. The van der Waals surface area contributed by atoms with Gasteiger partial charge in [-0.3, -0.25) is 0 Å². The van der Waals surface area contributed by atoms with Crippen LogP contribution in [-0.2, 0) is 5.41 Å². The summed E-state index contributed by atoms with van der Waals surface area (Å²) in [5.74, 6) is 0. The molecule has 0 spiro atoms. The van der Waals surface area contributed by atoms with Crippen molar-refractivity contribution in [2.75, 3.05) is 4.90 Å². The van der Waals surface area contributed by atoms with Gasteiger partial charge in [0.1, 0.15) is 0 Å². The van der Waals surface area contributed by atoms with Crippen LogP contribution in [0.1, 0.15) is 25.0 Å². The summed E-state index contributed by atoms with van der Waals surface area (Å²) in [5.41, 5.74) is 12.4. The first-order valence-corrected chi connectivity index (χ1v) is 15.7. The number of anilines is 3. The molecule has 2 heteroatoms. The fourth-order valence-corrected chi connectivity index (χ4v) is 7.72. The van der Waals surface area contributed by atoms with Gasteiger partial charge in [-0.2, -0.15) is 0 Å². The van der Waals surface area contributed by atoms with E-state index in [4.69, 9.17) is 0 Å². The van der Waals surface area contributed by atoms with Gasteiger partial charge in [0.25, 0.3) is 0 Å². The number of rotatable bonds is 4. The molecule has 1 aliphatic rings. The fourth-order valence-electron chi connectivity index (χ4n) is 7.72. The zero-order valence-corrected chi connectivity index (χ0v) is 25.4. The van der Waals surface area contributed by atoms with Gasteiger partial charge in [-0.1, -0.05) is 117 Å². The average molecular weight is 577 g/mol. The van der Waals surface area contributed by atoms with Gasteiger partial charge >= 0.3 is 0 Å². The zero-order chi connectivity index (χ0) is 30.1. The van der Waals surface area contributed by atoms with Gasteiger partial charge in [0.2, 0.25) is 0 Å². The lowest BCUT2D eigenvalue weighted by molar-refractivity contribution is 0.666. The molecule has 0 radical (unpaired) electrons. The number of fused-ring (bicyclic) bond motifs is 8. The highest BCUT2D eigenvalue weighted by Gasteiger charge is 2.36. The van der Waals surface area contributed by atoms with Gasteiger partial charge in [0.15, 0.2) is 0 Å². The first kappa shape index (κ1) is 25.9. The first-order valence-electron chi connectivity index (χ1n) is 15.7. The maximum absolute atomic E-state index is 2.45. The lowest BCUT2D eigenvalue weighted by atomic mass is 9.80. The minimum absolute atomic E-state index is 0.0794. The standard InChI is InChI=1S/C43H32N2/c1-43(2)39-19-11-9-17-34(39)37-25-22-29-21-23-32(27-38(29)42(37)43)45-40-20-12-10-18-35(40)36-26-24-33(28-41(36)45)44(30-13-5-3-6-14-30)31-15-7-4-8-16-31/h3-28H,1-2H3. The van der Waals surface area contributed by atoms with Crippen molar-refractivity contribution in [3.8, 4) is 16.8 Å². The summed E-state index contributed by atoms with van der Waals surface area (Å²) in [6.45, 7) is 4.75. The molecular formula is C43H32N2. The molecule has 1 aromatic heterocycles. The van der Waals surface area contributed by atoms with Crippen molar-refractivity contribution in [2.45, 2.75) is 19.3 Å². The summed E-state index contributed by atoms with van der Waals surface area (Å²) in [5, 5.41) is 5.11. The van der Waals surface area contributed by atoms with E-state index in [1.54, 1.807) is 0 Å². The quantitative estimate of drug-likeness (QED) is 0.202. The molecule has 214 valence electrons. The highest BCUT2D eigenvalue weighted by atomic mass is 15.1. The van der Waals surface area contributed by atoms with Crippen LogP contribution in [0.5, 0.6) is 0 Å². The lowest BCUT2D eigenvalue weighted by Crippen LogP contribution is -2.15. The van der Waals surface area contributed by atoms with Crippen LogP contribution >= 0.6 is 0 Å². The molecule has 0 atom stereocenters. The van der Waals surface area contributed by atoms with Crippen molar-refractivity contribution >= 4 is 49.6 Å². The van der Waals surface area contributed by atoms with Crippen LogP contribution in [0, 0.1) is 0 Å². The predicted octanol–water partition coefficient (Wildman–Crippen LogP) is 11.7. The number of nitrogens with zero attached hydrogens (tertiary/aromatic N) is 2. The predicted molar refractivity (Wildman–Crippen MR) is 191 cm³/mol. The average Bonchev–Trinajstić information content (AvgIpc) is 3.54. The van der Waals surface area contributed by atoms with Crippen molar-refractivity contribution in [3.63, 3.8) is 0 Å². The van der Waals surface area contributed by atoms with Crippen LogP contribution in [-0.4, -0.2) is 4.57 Å². The normalized spacial score (nSPS) is 13.3. The molecule has 45 heavy (non-hydrogen) atoms. The molecule has 0 saturated heterocycles. The van der Waals surface area contributed by atoms with Crippen molar-refractivity contribution in [2.24, 2.45) is 0 Å². The topological polar surface area (TPSA) is 8.17 Å². The third-order valence-electron chi connectivity index (χ3n) is 9.72. The second-order valence-electron chi connectivity index (χ2n) is 12.6. The van der Waals surface area contributed by atoms with Crippen molar-refractivity contribution in [1.29, 1.82) is 0 Å². The second kappa shape index (κ2) is 9.70. The van der Waals surface area contributed by atoms with Gasteiger partial charge in [0, 0.05) is 38.9 Å². The third kappa shape index (κ3) is 3.82. The van der Waals surface area contributed by atoms with E-state index in [1.165, 1.54) is 60.5 Å². The summed E-state index contributed by atoms with van der Waals surface area (Å²) >= 11 is 0. The summed E-state index contributed by atoms with van der Waals surface area (Å²) < 4.78 is 2.45. The molecule has 1 aliphatic carbocycles. The van der Waals surface area contributed by atoms with Crippen molar-refractivity contribution in [1.82, 2.24) is 4.57 Å². The van der Waals surface area contributed by atoms with E-state index in [0.717, 1.165) is 17.1 Å². The maximum atomic E-state index is 2.45. The number of hydrogen-bond donors (Lipinski definition) is 0. The summed E-state index contributed by atoms with van der Waals surface area (Å²) in [4.78, 5) is 2.34. The summed E-state index contributed by atoms with van der Waals surface area (Å²) in [6.07, 6.45) is 0. The molecule has 0 saturated carbocycles. The molecule has 0 bridgehead atoms. The Hall–Kier alpha value is -5.60. The van der Waals surface area contributed by atoms with E-state index in [9.17, 15) is 0 Å². The van der Waals surface area contributed by atoms with E-state index < -0.39 is 0 Å². The Morgan fingerprint density at radius 3 is 1.89 bits per heavy atom. The van der Waals surface area contributed by atoms with E-state index in [2.05, 4.69) is 181 Å². The molecule has 0 amide bonds. The third-order valence-corrected chi connectivity index (χ3v) is 9.72. The Kier molecular flexibility index (Phi) is 5.58. The molecule has 0 aliphatic heterocycles. The van der Waals surface area contributed by atoms with Gasteiger partial charge in [-0.15, -0.1) is 0 Å². The first-order chi connectivity index (χ1) is 22.1. The van der Waals surface area contributed by atoms with E-state index in [0.29, 0.717) is 0 Å². The Morgan fingerprint density at radius 1 is 0.467 bits per heavy atom. The van der Waals surface area contributed by atoms with E-state index >= 15 is 0 Å². The second-order valence-corrected chi connectivity index (χ2v) is 12.6. The summed E-state index contributed by atoms with van der Waals surface area (Å²) in [6, 6.07) is 57.5. The zero-order valence-electron chi connectivity index (χ0n) is 25.4. The van der Waals surface area contributed by atoms with E-state index in [-0.39, 0.29) is 5.41 Å². The minimum Gasteiger partial charge on any atom is -0.310 e. The van der Waals surface area contributed by atoms with Crippen LogP contribution in [0.25, 0.3) is 49.4 Å². The molecule has 8 aromatic rings. The van der Waals surface area contributed by atoms with Gasteiger partial charge in [-0.05, 0) is 87.6 Å². The summed E-state index contributed by atoms with van der Waals surface area (Å²) in [7, 11) is 0. The highest BCUT2D eigenvalue weighted by molar-refractivity contribution is 6.11. The fraction of sp³-hybridized carbons (Fsp3) is 0.0698. The molecule has 7 aromatic carbocycles. The molecule has 0 N–H and O–H groups in total. The molecular weight excluding hydrogens is 544 g/mol. The van der Waals surface area contributed by atoms with Crippen LogP contribution in [0.4, 0.5) is 17.1 Å².